The van der Waals surface area contributed by atoms with Crippen LogP contribution in [0.1, 0.15) is 33.6 Å². The molecular weight excluding hydrogens is 318 g/mol. The fraction of sp³-hybridized carbons (Fsp3) is 0.667. The molecule has 0 aromatic heterocycles. The second-order valence-electron chi connectivity index (χ2n) is 6.00. The molecule has 1 saturated heterocycles. The van der Waals surface area contributed by atoms with Gasteiger partial charge in [0.1, 0.15) is 12.3 Å². The van der Waals surface area contributed by atoms with Gasteiger partial charge >= 0.3 is 5.97 Å². The fourth-order valence-electron chi connectivity index (χ4n) is 2.15. The average molecular weight is 343 g/mol. The Morgan fingerprint density at radius 2 is 2.17 bits per heavy atom. The zero-order valence-corrected chi connectivity index (χ0v) is 14.3. The third-order valence-corrected chi connectivity index (χ3v) is 3.60. The van der Waals surface area contributed by atoms with Crippen LogP contribution in [0.4, 0.5) is 0 Å². The van der Waals surface area contributed by atoms with E-state index in [2.05, 4.69) is 4.99 Å². The SMILES string of the molecule is CC(C)C(=O)O[C@](C)(O)C1CCC(N(C)/C=C\C(=N/C=O)NO)O1. The number of nitrogens with one attached hydrogen (secondary N) is 1. The molecule has 3 N–H and O–H groups in total. The maximum atomic E-state index is 11.7. The zero-order chi connectivity index (χ0) is 18.3. The molecule has 136 valence electrons. The fourth-order valence-corrected chi connectivity index (χ4v) is 2.15. The van der Waals surface area contributed by atoms with Gasteiger partial charge in [-0.05, 0) is 18.9 Å². The van der Waals surface area contributed by atoms with E-state index >= 15 is 0 Å². The van der Waals surface area contributed by atoms with Gasteiger partial charge in [0.2, 0.25) is 12.2 Å². The van der Waals surface area contributed by atoms with E-state index in [4.69, 9.17) is 14.7 Å². The van der Waals surface area contributed by atoms with Gasteiger partial charge in [-0.25, -0.2) is 0 Å². The molecule has 2 unspecified atom stereocenters. The lowest BCUT2D eigenvalue weighted by Gasteiger charge is -2.31. The van der Waals surface area contributed by atoms with Crippen LogP contribution in [-0.4, -0.2) is 58.6 Å². The topological polar surface area (TPSA) is 121 Å². The Bertz CT molecular complexity index is 503. The summed E-state index contributed by atoms with van der Waals surface area (Å²) < 4.78 is 10.9. The molecule has 0 radical (unpaired) electrons. The summed E-state index contributed by atoms with van der Waals surface area (Å²) in [6.07, 6.45) is 3.36. The number of aliphatic imine (C=N–C) groups is 1. The summed E-state index contributed by atoms with van der Waals surface area (Å²) in [4.78, 5) is 27.0. The van der Waals surface area contributed by atoms with Gasteiger partial charge in [-0.15, -0.1) is 0 Å². The van der Waals surface area contributed by atoms with Crippen LogP contribution in [0.3, 0.4) is 0 Å². The average Bonchev–Trinajstić information content (AvgIpc) is 3.01. The van der Waals surface area contributed by atoms with Gasteiger partial charge in [0.25, 0.3) is 0 Å². The molecule has 0 bridgehead atoms. The van der Waals surface area contributed by atoms with E-state index in [1.165, 1.54) is 13.0 Å². The summed E-state index contributed by atoms with van der Waals surface area (Å²) in [6.45, 7) is 4.77. The van der Waals surface area contributed by atoms with Gasteiger partial charge in [0.05, 0.1) is 5.92 Å². The first kappa shape index (κ1) is 20.1. The Labute approximate surface area is 140 Å². The number of rotatable bonds is 7. The van der Waals surface area contributed by atoms with Crippen LogP contribution in [-0.2, 0) is 19.1 Å². The summed E-state index contributed by atoms with van der Waals surface area (Å²) in [5.74, 6) is -2.58. The van der Waals surface area contributed by atoms with Crippen LogP contribution >= 0.6 is 0 Å². The Morgan fingerprint density at radius 1 is 1.50 bits per heavy atom. The highest BCUT2D eigenvalue weighted by molar-refractivity contribution is 5.95. The number of ether oxygens (including phenoxy) is 2. The molecule has 1 aliphatic heterocycles. The number of hydrogen-bond acceptors (Lipinski definition) is 7. The number of esters is 1. The largest absolute Gasteiger partial charge is 0.430 e. The Balaban J connectivity index is 2.64. The van der Waals surface area contributed by atoms with E-state index in [9.17, 15) is 14.7 Å². The molecule has 0 spiro atoms. The van der Waals surface area contributed by atoms with E-state index in [1.54, 1.807) is 37.5 Å². The number of aliphatic hydroxyl groups is 1. The van der Waals surface area contributed by atoms with Crippen molar-refractivity contribution in [1.82, 2.24) is 10.4 Å². The molecule has 0 aromatic carbocycles. The van der Waals surface area contributed by atoms with Crippen LogP contribution in [0.5, 0.6) is 0 Å². The van der Waals surface area contributed by atoms with E-state index < -0.39 is 17.9 Å². The lowest BCUT2D eigenvalue weighted by Crippen LogP contribution is -2.45. The minimum atomic E-state index is -1.71. The van der Waals surface area contributed by atoms with Crippen LogP contribution < -0.4 is 5.48 Å². The summed E-state index contributed by atoms with van der Waals surface area (Å²) in [6, 6.07) is 0. The van der Waals surface area contributed by atoms with Gasteiger partial charge in [-0.3, -0.25) is 20.3 Å². The quantitative estimate of drug-likeness (QED) is 0.151. The van der Waals surface area contributed by atoms with Gasteiger partial charge in [-0.2, -0.15) is 4.99 Å². The lowest BCUT2D eigenvalue weighted by molar-refractivity contribution is -0.250. The minimum Gasteiger partial charge on any atom is -0.430 e. The van der Waals surface area contributed by atoms with E-state index in [-0.39, 0.29) is 18.0 Å². The van der Waals surface area contributed by atoms with Crippen molar-refractivity contribution in [1.29, 1.82) is 0 Å². The monoisotopic (exact) mass is 343 g/mol. The normalized spacial score (nSPS) is 24.0. The van der Waals surface area contributed by atoms with E-state index in [0.717, 1.165) is 0 Å². The zero-order valence-electron chi connectivity index (χ0n) is 14.3. The Hall–Kier alpha value is -1.97. The third kappa shape index (κ3) is 5.59. The predicted molar refractivity (Wildman–Crippen MR) is 84.8 cm³/mol. The molecule has 1 aliphatic rings. The third-order valence-electron chi connectivity index (χ3n) is 3.60. The lowest BCUT2D eigenvalue weighted by atomic mass is 10.1. The first-order valence-corrected chi connectivity index (χ1v) is 7.63. The van der Waals surface area contributed by atoms with Crippen molar-refractivity contribution in [3.8, 4) is 0 Å². The molecular formula is C15H25N3O6. The van der Waals surface area contributed by atoms with Gasteiger partial charge in [0, 0.05) is 20.2 Å². The smallest absolute Gasteiger partial charge is 0.310 e. The molecule has 0 aliphatic carbocycles. The van der Waals surface area contributed by atoms with E-state index in [0.29, 0.717) is 19.3 Å². The molecule has 1 fully saturated rings. The second-order valence-corrected chi connectivity index (χ2v) is 6.00. The van der Waals surface area contributed by atoms with E-state index in [1.807, 2.05) is 0 Å². The standard InChI is InChI=1S/C15H25N3O6/c1-10(2)14(20)24-15(3,21)11-5-6-13(23-11)18(4)8-7-12(17-22)16-9-19/h7-11,13,21-22H,5-6H2,1-4H3,(H,16,17,19)/b8-7-/t11?,13?,15-/m0/s1. The Morgan fingerprint density at radius 3 is 2.71 bits per heavy atom. The highest BCUT2D eigenvalue weighted by Gasteiger charge is 2.43. The second kappa shape index (κ2) is 8.76. The van der Waals surface area contributed by atoms with Gasteiger partial charge in [0.15, 0.2) is 5.84 Å². The number of nitrogens with zero attached hydrogens (tertiary/aromatic N) is 2. The summed E-state index contributed by atoms with van der Waals surface area (Å²) >= 11 is 0. The van der Waals surface area contributed by atoms with Crippen molar-refractivity contribution in [2.45, 2.75) is 51.7 Å². The molecule has 0 saturated carbocycles. The molecule has 0 aromatic rings. The molecule has 9 heteroatoms. The van der Waals surface area contributed by atoms with Gasteiger partial charge in [-0.1, -0.05) is 13.8 Å². The first-order chi connectivity index (χ1) is 11.2. The van der Waals surface area contributed by atoms with Crippen LogP contribution in [0.2, 0.25) is 0 Å². The molecule has 1 amide bonds. The first-order valence-electron chi connectivity index (χ1n) is 7.63. The number of carbonyl (C=O) groups is 2. The van der Waals surface area contributed by atoms with Crippen molar-refractivity contribution in [3.05, 3.63) is 12.3 Å². The maximum absolute atomic E-state index is 11.7. The van der Waals surface area contributed by atoms with Gasteiger partial charge < -0.3 is 19.5 Å². The number of amidine groups is 1. The van der Waals surface area contributed by atoms with Crippen molar-refractivity contribution < 1.29 is 29.4 Å². The molecule has 1 heterocycles. The minimum absolute atomic E-state index is 0.0238. The van der Waals surface area contributed by atoms with Crippen LogP contribution in [0.25, 0.3) is 0 Å². The predicted octanol–water partition coefficient (Wildman–Crippen LogP) is 0.378. The highest BCUT2D eigenvalue weighted by atomic mass is 16.7. The summed E-state index contributed by atoms with van der Waals surface area (Å²) in [5, 5.41) is 19.1. The van der Waals surface area contributed by atoms with Crippen molar-refractivity contribution in [3.63, 3.8) is 0 Å². The maximum Gasteiger partial charge on any atom is 0.310 e. The van der Waals surface area contributed by atoms with Crippen molar-refractivity contribution in [2.24, 2.45) is 10.9 Å². The molecule has 1 rings (SSSR count). The van der Waals surface area contributed by atoms with Crippen LogP contribution in [0, 0.1) is 5.92 Å². The Kier molecular flexibility index (Phi) is 7.33. The molecule has 24 heavy (non-hydrogen) atoms. The number of hydrogen-bond donors (Lipinski definition) is 3. The summed E-state index contributed by atoms with van der Waals surface area (Å²) in [7, 11) is 1.73. The van der Waals surface area contributed by atoms with Crippen LogP contribution in [0.15, 0.2) is 17.3 Å². The highest BCUT2D eigenvalue weighted by Crippen LogP contribution is 2.30. The summed E-state index contributed by atoms with van der Waals surface area (Å²) in [5.41, 5.74) is 1.78. The van der Waals surface area contributed by atoms with Crippen molar-refractivity contribution in [2.75, 3.05) is 7.05 Å². The number of hydroxylamine groups is 1. The van der Waals surface area contributed by atoms with Crippen molar-refractivity contribution >= 4 is 18.2 Å². The molecule has 9 nitrogen and oxygen atoms in total. The molecule has 3 atom stereocenters. The number of amides is 1. The number of carbonyl (C=O) groups excluding carboxylic acids is 2.